The van der Waals surface area contributed by atoms with Crippen LogP contribution in [0.5, 0.6) is 0 Å². The van der Waals surface area contributed by atoms with Gasteiger partial charge >= 0.3 is 0 Å². The molecule has 2 aromatic rings. The summed E-state index contributed by atoms with van der Waals surface area (Å²) >= 11 is 1.44. The number of carbonyl (C=O) groups is 1. The van der Waals surface area contributed by atoms with Gasteiger partial charge in [0.2, 0.25) is 11.9 Å². The molecule has 21 heavy (non-hydrogen) atoms. The minimum Gasteiger partial charge on any atom is -0.341 e. The minimum absolute atomic E-state index is 0.0550. The summed E-state index contributed by atoms with van der Waals surface area (Å²) in [7, 11) is 0. The smallest absolute Gasteiger partial charge is 0.226 e. The Balaban J connectivity index is 1.46. The van der Waals surface area contributed by atoms with Crippen LogP contribution in [0.4, 0.5) is 11.1 Å². The van der Waals surface area contributed by atoms with Crippen LogP contribution in [-0.2, 0) is 4.79 Å². The van der Waals surface area contributed by atoms with Crippen LogP contribution in [0, 0.1) is 5.92 Å². The predicted molar refractivity (Wildman–Crippen MR) is 82.3 cm³/mol. The molecule has 6 nitrogen and oxygen atoms in total. The monoisotopic (exact) mass is 303 g/mol. The largest absolute Gasteiger partial charge is 0.341 e. The molecular formula is C14H17N5OS. The number of piperidine rings is 1. The Hall–Kier alpha value is -2.02. The van der Waals surface area contributed by atoms with E-state index in [9.17, 15) is 4.79 Å². The predicted octanol–water partition coefficient (Wildman–Crippen LogP) is 2.18. The zero-order valence-corrected chi connectivity index (χ0v) is 12.4. The van der Waals surface area contributed by atoms with Crippen LogP contribution < -0.4 is 10.2 Å². The van der Waals surface area contributed by atoms with Gasteiger partial charge in [0.25, 0.3) is 0 Å². The molecule has 110 valence electrons. The summed E-state index contributed by atoms with van der Waals surface area (Å²) in [5.41, 5.74) is 0. The molecule has 1 fully saturated rings. The van der Waals surface area contributed by atoms with Crippen LogP contribution in [0.25, 0.3) is 0 Å². The second kappa shape index (κ2) is 6.62. The van der Waals surface area contributed by atoms with Gasteiger partial charge in [0.05, 0.1) is 0 Å². The number of hydrogen-bond acceptors (Lipinski definition) is 6. The molecule has 0 atom stereocenters. The Kier molecular flexibility index (Phi) is 4.40. The van der Waals surface area contributed by atoms with Crippen molar-refractivity contribution in [1.29, 1.82) is 0 Å². The molecule has 1 aliphatic rings. The second-order valence-electron chi connectivity index (χ2n) is 5.07. The molecule has 0 aliphatic carbocycles. The van der Waals surface area contributed by atoms with Gasteiger partial charge in [-0.3, -0.25) is 4.79 Å². The van der Waals surface area contributed by atoms with Crippen LogP contribution in [-0.4, -0.2) is 33.9 Å². The molecule has 0 aromatic carbocycles. The summed E-state index contributed by atoms with van der Waals surface area (Å²) in [6.07, 6.45) is 7.75. The molecular weight excluding hydrogens is 286 g/mol. The van der Waals surface area contributed by atoms with E-state index in [0.717, 1.165) is 31.9 Å². The lowest BCUT2D eigenvalue weighted by atomic mass is 9.93. The average molecular weight is 303 g/mol. The zero-order chi connectivity index (χ0) is 14.5. The first-order chi connectivity index (χ1) is 10.3. The molecule has 0 spiro atoms. The molecule has 0 unspecified atom stereocenters. The highest BCUT2D eigenvalue weighted by Gasteiger charge is 2.22. The van der Waals surface area contributed by atoms with Crippen LogP contribution in [0.3, 0.4) is 0 Å². The maximum atomic E-state index is 11.9. The normalized spacial score (nSPS) is 15.9. The van der Waals surface area contributed by atoms with Gasteiger partial charge in [0.15, 0.2) is 5.13 Å². The van der Waals surface area contributed by atoms with Crippen molar-refractivity contribution in [2.45, 2.75) is 19.3 Å². The quantitative estimate of drug-likeness (QED) is 0.937. The van der Waals surface area contributed by atoms with E-state index in [0.29, 0.717) is 17.5 Å². The highest BCUT2D eigenvalue weighted by Crippen LogP contribution is 2.23. The minimum atomic E-state index is 0.0550. The van der Waals surface area contributed by atoms with Gasteiger partial charge in [-0.2, -0.15) is 0 Å². The molecule has 0 radical (unpaired) electrons. The molecule has 1 amide bonds. The SMILES string of the molecule is O=C(CC1CCN(c2ncccn2)CC1)Nc1nccs1. The first-order valence-corrected chi connectivity index (χ1v) is 7.90. The lowest BCUT2D eigenvalue weighted by molar-refractivity contribution is -0.117. The molecule has 1 saturated heterocycles. The third-order valence-electron chi connectivity index (χ3n) is 3.60. The Morgan fingerprint density at radius 2 is 2.00 bits per heavy atom. The van der Waals surface area contributed by atoms with E-state index >= 15 is 0 Å². The van der Waals surface area contributed by atoms with E-state index in [1.807, 2.05) is 11.4 Å². The number of anilines is 2. The van der Waals surface area contributed by atoms with Crippen molar-refractivity contribution >= 4 is 28.3 Å². The maximum absolute atomic E-state index is 11.9. The van der Waals surface area contributed by atoms with Crippen LogP contribution in [0.15, 0.2) is 30.0 Å². The summed E-state index contributed by atoms with van der Waals surface area (Å²) in [5, 5.41) is 5.37. The summed E-state index contributed by atoms with van der Waals surface area (Å²) < 4.78 is 0. The third kappa shape index (κ3) is 3.75. The van der Waals surface area contributed by atoms with Crippen LogP contribution >= 0.6 is 11.3 Å². The van der Waals surface area contributed by atoms with E-state index in [2.05, 4.69) is 25.2 Å². The molecule has 1 aliphatic heterocycles. The number of nitrogens with one attached hydrogen (secondary N) is 1. The molecule has 2 aromatic heterocycles. The topological polar surface area (TPSA) is 71.0 Å². The zero-order valence-electron chi connectivity index (χ0n) is 11.6. The van der Waals surface area contributed by atoms with E-state index in [-0.39, 0.29) is 5.91 Å². The summed E-state index contributed by atoms with van der Waals surface area (Å²) in [6.45, 7) is 1.80. The van der Waals surface area contributed by atoms with Crippen LogP contribution in [0.2, 0.25) is 0 Å². The van der Waals surface area contributed by atoms with Gasteiger partial charge in [0.1, 0.15) is 0 Å². The third-order valence-corrected chi connectivity index (χ3v) is 4.29. The molecule has 3 rings (SSSR count). The fourth-order valence-electron chi connectivity index (χ4n) is 2.51. The van der Waals surface area contributed by atoms with Crippen molar-refractivity contribution in [3.8, 4) is 0 Å². The first kappa shape index (κ1) is 13.9. The van der Waals surface area contributed by atoms with Crippen molar-refractivity contribution in [1.82, 2.24) is 15.0 Å². The number of thiazole rings is 1. The van der Waals surface area contributed by atoms with Crippen molar-refractivity contribution in [3.63, 3.8) is 0 Å². The average Bonchev–Trinajstić information content (AvgIpc) is 3.02. The molecule has 0 saturated carbocycles. The van der Waals surface area contributed by atoms with Crippen molar-refractivity contribution in [2.24, 2.45) is 5.92 Å². The van der Waals surface area contributed by atoms with Gasteiger partial charge in [0, 0.05) is 43.5 Å². The molecule has 1 N–H and O–H groups in total. The van der Waals surface area contributed by atoms with E-state index in [4.69, 9.17) is 0 Å². The van der Waals surface area contributed by atoms with E-state index in [1.54, 1.807) is 18.6 Å². The number of aromatic nitrogens is 3. The van der Waals surface area contributed by atoms with E-state index in [1.165, 1.54) is 11.3 Å². The number of rotatable bonds is 4. The highest BCUT2D eigenvalue weighted by molar-refractivity contribution is 7.13. The molecule has 0 bridgehead atoms. The van der Waals surface area contributed by atoms with Crippen molar-refractivity contribution in [3.05, 3.63) is 30.0 Å². The highest BCUT2D eigenvalue weighted by atomic mass is 32.1. The Morgan fingerprint density at radius 1 is 1.24 bits per heavy atom. The van der Waals surface area contributed by atoms with Gasteiger partial charge in [-0.15, -0.1) is 11.3 Å². The lowest BCUT2D eigenvalue weighted by Crippen LogP contribution is -2.35. The summed E-state index contributed by atoms with van der Waals surface area (Å²) in [5.74, 6) is 1.26. The Labute approximate surface area is 127 Å². The van der Waals surface area contributed by atoms with Crippen LogP contribution in [0.1, 0.15) is 19.3 Å². The summed E-state index contributed by atoms with van der Waals surface area (Å²) in [6, 6.07) is 1.82. The van der Waals surface area contributed by atoms with Crippen molar-refractivity contribution in [2.75, 3.05) is 23.3 Å². The van der Waals surface area contributed by atoms with Crippen molar-refractivity contribution < 1.29 is 4.79 Å². The number of hydrogen-bond donors (Lipinski definition) is 1. The van der Waals surface area contributed by atoms with Gasteiger partial charge in [-0.1, -0.05) is 0 Å². The molecule has 7 heteroatoms. The molecule has 3 heterocycles. The van der Waals surface area contributed by atoms with Gasteiger partial charge in [-0.05, 0) is 24.8 Å². The maximum Gasteiger partial charge on any atom is 0.226 e. The fraction of sp³-hybridized carbons (Fsp3) is 0.429. The Bertz CT molecular complexity index is 566. The van der Waals surface area contributed by atoms with E-state index < -0.39 is 0 Å². The first-order valence-electron chi connectivity index (χ1n) is 7.02. The fourth-order valence-corrected chi connectivity index (χ4v) is 3.05. The van der Waals surface area contributed by atoms with Gasteiger partial charge < -0.3 is 10.2 Å². The number of carbonyl (C=O) groups excluding carboxylic acids is 1. The second-order valence-corrected chi connectivity index (χ2v) is 5.96. The van der Waals surface area contributed by atoms with Gasteiger partial charge in [-0.25, -0.2) is 15.0 Å². The number of nitrogens with zero attached hydrogens (tertiary/aromatic N) is 4. The number of amides is 1. The summed E-state index contributed by atoms with van der Waals surface area (Å²) in [4.78, 5) is 26.7. The standard InChI is InChI=1S/C14H17N5OS/c20-12(18-14-17-6-9-21-14)10-11-2-7-19(8-3-11)13-15-4-1-5-16-13/h1,4-6,9,11H,2-3,7-8,10H2,(H,17,18,20). The lowest BCUT2D eigenvalue weighted by Gasteiger charge is -2.31. The Morgan fingerprint density at radius 3 is 2.67 bits per heavy atom.